The molecular formula is C22H23N7. The fraction of sp³-hybridized carbons (Fsp3) is 0.0909. The molecule has 0 unspecified atom stereocenters. The van der Waals surface area contributed by atoms with Gasteiger partial charge in [0, 0.05) is 22.5 Å². The fourth-order valence-electron chi connectivity index (χ4n) is 2.49. The van der Waals surface area contributed by atoms with Gasteiger partial charge in [-0.25, -0.2) is 20.0 Å². The first-order valence-electron chi connectivity index (χ1n) is 9.29. The van der Waals surface area contributed by atoms with Crippen LogP contribution in [0.15, 0.2) is 76.7 Å². The molecule has 7 heteroatoms. The Kier molecular flexibility index (Phi) is 5.99. The highest BCUT2D eigenvalue weighted by molar-refractivity contribution is 6.01. The van der Waals surface area contributed by atoms with Crippen LogP contribution in [0.3, 0.4) is 0 Å². The lowest BCUT2D eigenvalue weighted by Gasteiger charge is -2.02. The molecule has 0 atom stereocenters. The van der Waals surface area contributed by atoms with Gasteiger partial charge in [-0.3, -0.25) is 0 Å². The summed E-state index contributed by atoms with van der Waals surface area (Å²) in [5, 5.41) is 0. The van der Waals surface area contributed by atoms with Crippen molar-refractivity contribution in [3.05, 3.63) is 77.8 Å². The largest absolute Gasteiger partial charge is 0.399 e. The van der Waals surface area contributed by atoms with E-state index in [1.165, 1.54) is 0 Å². The number of anilines is 3. The summed E-state index contributed by atoms with van der Waals surface area (Å²) in [6.45, 7) is 4.00. The van der Waals surface area contributed by atoms with Crippen molar-refractivity contribution < 1.29 is 0 Å². The first-order valence-corrected chi connectivity index (χ1v) is 9.29. The lowest BCUT2D eigenvalue weighted by atomic mass is 10.2. The molecule has 0 fully saturated rings. The number of pyridine rings is 1. The van der Waals surface area contributed by atoms with Crippen LogP contribution in [0.2, 0.25) is 0 Å². The Labute approximate surface area is 169 Å². The Hall–Kier alpha value is -4.00. The number of nitrogens with zero attached hydrogens (tertiary/aromatic N) is 4. The number of nitrogens with two attached hydrogens (primary N) is 3. The van der Waals surface area contributed by atoms with Crippen molar-refractivity contribution in [1.29, 1.82) is 0 Å². The number of amidine groups is 1. The predicted molar refractivity (Wildman–Crippen MR) is 119 cm³/mol. The van der Waals surface area contributed by atoms with Gasteiger partial charge >= 0.3 is 0 Å². The second kappa shape index (κ2) is 8.79. The summed E-state index contributed by atoms with van der Waals surface area (Å²) in [7, 11) is 0. The van der Waals surface area contributed by atoms with Crippen molar-refractivity contribution in [3.63, 3.8) is 0 Å². The minimum Gasteiger partial charge on any atom is -0.399 e. The van der Waals surface area contributed by atoms with Gasteiger partial charge in [-0.15, -0.1) is 0 Å². The van der Waals surface area contributed by atoms with Gasteiger partial charge in [0.15, 0.2) is 17.1 Å². The van der Waals surface area contributed by atoms with Crippen molar-refractivity contribution in [1.82, 2.24) is 9.97 Å². The molecule has 0 amide bonds. The molecule has 2 aromatic carbocycles. The van der Waals surface area contributed by atoms with Crippen molar-refractivity contribution in [3.8, 4) is 11.3 Å². The molecule has 0 saturated carbocycles. The Balaban J connectivity index is 0.00000117. The van der Waals surface area contributed by atoms with Gasteiger partial charge in [-0.05, 0) is 48.5 Å². The van der Waals surface area contributed by atoms with Crippen LogP contribution >= 0.6 is 0 Å². The van der Waals surface area contributed by atoms with Crippen molar-refractivity contribution in [2.75, 3.05) is 17.2 Å². The van der Waals surface area contributed by atoms with E-state index in [9.17, 15) is 0 Å². The maximum absolute atomic E-state index is 5.79. The van der Waals surface area contributed by atoms with E-state index in [4.69, 9.17) is 17.2 Å². The van der Waals surface area contributed by atoms with Crippen LogP contribution in [-0.4, -0.2) is 15.8 Å². The third-order valence-corrected chi connectivity index (χ3v) is 3.92. The summed E-state index contributed by atoms with van der Waals surface area (Å²) in [6.07, 6.45) is 0. The Morgan fingerprint density at radius 3 is 2.00 bits per heavy atom. The van der Waals surface area contributed by atoms with Crippen LogP contribution in [0.25, 0.3) is 11.3 Å². The molecule has 29 heavy (non-hydrogen) atoms. The second-order valence-electron chi connectivity index (χ2n) is 6.00. The number of rotatable bonds is 3. The summed E-state index contributed by atoms with van der Waals surface area (Å²) < 4.78 is 0. The SMILES string of the molecule is CC.Nc1ccc(/C(N=c2nc2-c2ccc(N)cc2)=N/c2cccc(N)n2)cc1. The number of hydrogen-bond acceptors (Lipinski definition) is 6. The minimum absolute atomic E-state index is 0.394. The maximum atomic E-state index is 5.79. The van der Waals surface area contributed by atoms with Gasteiger partial charge in [0.05, 0.1) is 0 Å². The zero-order valence-corrected chi connectivity index (χ0v) is 16.4. The van der Waals surface area contributed by atoms with Gasteiger partial charge < -0.3 is 17.2 Å². The van der Waals surface area contributed by atoms with E-state index >= 15 is 0 Å². The Bertz CT molecular complexity index is 1130. The van der Waals surface area contributed by atoms with E-state index in [2.05, 4.69) is 20.0 Å². The van der Waals surface area contributed by atoms with Crippen molar-refractivity contribution in [2.45, 2.75) is 13.8 Å². The molecule has 4 aromatic rings. The number of aromatic nitrogens is 2. The topological polar surface area (TPSA) is 129 Å². The average Bonchev–Trinajstić information content (AvgIpc) is 3.49. The highest BCUT2D eigenvalue weighted by Gasteiger charge is 2.14. The van der Waals surface area contributed by atoms with Crippen LogP contribution < -0.4 is 22.7 Å². The molecule has 2 aromatic heterocycles. The summed E-state index contributed by atoms with van der Waals surface area (Å²) >= 11 is 0. The first-order chi connectivity index (χ1) is 14.1. The lowest BCUT2D eigenvalue weighted by molar-refractivity contribution is 1.26. The average molecular weight is 385 g/mol. The van der Waals surface area contributed by atoms with E-state index < -0.39 is 0 Å². The van der Waals surface area contributed by atoms with Crippen LogP contribution in [-0.2, 0) is 0 Å². The molecule has 0 aliphatic heterocycles. The molecular weight excluding hydrogens is 362 g/mol. The summed E-state index contributed by atoms with van der Waals surface area (Å²) in [5.41, 5.74) is 21.8. The smallest absolute Gasteiger partial charge is 0.181 e. The highest BCUT2D eigenvalue weighted by atomic mass is 15.0. The van der Waals surface area contributed by atoms with Crippen molar-refractivity contribution in [2.24, 2.45) is 9.98 Å². The number of benzene rings is 2. The normalized spacial score (nSPS) is 11.9. The zero-order valence-electron chi connectivity index (χ0n) is 16.4. The van der Waals surface area contributed by atoms with Gasteiger partial charge in [0.1, 0.15) is 11.5 Å². The quantitative estimate of drug-likeness (QED) is 0.282. The Morgan fingerprint density at radius 2 is 1.38 bits per heavy atom. The zero-order chi connectivity index (χ0) is 20.8. The molecule has 2 heterocycles. The second-order valence-corrected chi connectivity index (χ2v) is 6.00. The van der Waals surface area contributed by atoms with Gasteiger partial charge in [0.25, 0.3) is 0 Å². The van der Waals surface area contributed by atoms with E-state index in [-0.39, 0.29) is 0 Å². The van der Waals surface area contributed by atoms with Gasteiger partial charge in [0.2, 0.25) is 0 Å². The first kappa shape index (κ1) is 19.8. The van der Waals surface area contributed by atoms with Crippen LogP contribution in [0.5, 0.6) is 0 Å². The molecule has 0 saturated heterocycles. The summed E-state index contributed by atoms with van der Waals surface area (Å²) in [4.78, 5) is 17.7. The molecule has 0 aliphatic rings. The van der Waals surface area contributed by atoms with E-state index in [1.54, 1.807) is 30.3 Å². The molecule has 0 spiro atoms. The van der Waals surface area contributed by atoms with E-state index in [0.717, 1.165) is 16.8 Å². The molecule has 146 valence electrons. The lowest BCUT2D eigenvalue weighted by Crippen LogP contribution is -2.02. The minimum atomic E-state index is 0.394. The third-order valence-electron chi connectivity index (χ3n) is 3.92. The number of aliphatic imine (C=N–C) groups is 1. The molecule has 0 aliphatic carbocycles. The maximum Gasteiger partial charge on any atom is 0.181 e. The van der Waals surface area contributed by atoms with Crippen molar-refractivity contribution >= 4 is 28.8 Å². The third kappa shape index (κ3) is 5.04. The van der Waals surface area contributed by atoms with Crippen LogP contribution in [0, 0.1) is 0 Å². The van der Waals surface area contributed by atoms with Crippen LogP contribution in [0.4, 0.5) is 23.0 Å². The fourth-order valence-corrected chi connectivity index (χ4v) is 2.49. The van der Waals surface area contributed by atoms with Gasteiger partial charge in [-0.1, -0.05) is 32.0 Å². The molecule has 0 bridgehead atoms. The molecule has 6 N–H and O–H groups in total. The molecule has 4 rings (SSSR count). The monoisotopic (exact) mass is 385 g/mol. The molecule has 0 radical (unpaired) electrons. The predicted octanol–water partition coefficient (Wildman–Crippen LogP) is 3.47. The van der Waals surface area contributed by atoms with E-state index in [0.29, 0.717) is 34.3 Å². The summed E-state index contributed by atoms with van der Waals surface area (Å²) in [6, 6.07) is 20.1. The highest BCUT2D eigenvalue weighted by Crippen LogP contribution is 2.18. The van der Waals surface area contributed by atoms with E-state index in [1.807, 2.05) is 50.2 Å². The number of hydrogen-bond donors (Lipinski definition) is 3. The van der Waals surface area contributed by atoms with Gasteiger partial charge in [-0.2, -0.15) is 0 Å². The number of nitrogen functional groups attached to an aromatic ring is 3. The standard InChI is InChI=1S/C20H17N7.C2H6/c21-14-8-4-12(5-9-14)18-20(26-18)27-19(13-6-10-15(22)11-7-13)25-17-3-1-2-16(23)24-17;1-2/h1-11H,21-22H2,(H2,23,24);1-2H3/b25-19-,27-20?;. The Morgan fingerprint density at radius 1 is 0.759 bits per heavy atom. The summed E-state index contributed by atoms with van der Waals surface area (Å²) in [5.74, 6) is 1.35. The van der Waals surface area contributed by atoms with Crippen LogP contribution in [0.1, 0.15) is 19.4 Å². The molecule has 7 nitrogen and oxygen atoms in total.